The van der Waals surface area contributed by atoms with Gasteiger partial charge in [-0.25, -0.2) is 0 Å². The number of hydrogen-bond donors (Lipinski definition) is 0. The lowest BCUT2D eigenvalue weighted by atomic mass is 9.35. The third kappa shape index (κ3) is 7.37. The first-order valence-corrected chi connectivity index (χ1v) is 29.8. The molecule has 0 N–H and O–H groups in total. The van der Waals surface area contributed by atoms with Crippen LogP contribution in [0.15, 0.2) is 91.0 Å². The van der Waals surface area contributed by atoms with Gasteiger partial charge in [-0.1, -0.05) is 170 Å². The normalized spacial score (nSPS) is 18.7. The number of benzene rings is 5. The summed E-state index contributed by atoms with van der Waals surface area (Å²) < 4.78 is 1.52. The maximum Gasteiger partial charge on any atom is 0.264 e. The minimum absolute atomic E-state index is 0.00704. The highest BCUT2D eigenvalue weighted by molar-refractivity contribution is 7.29. The number of hydrogen-bond acceptors (Lipinski definition) is 3. The Labute approximate surface area is 410 Å². The van der Waals surface area contributed by atoms with E-state index in [0.29, 0.717) is 0 Å². The van der Waals surface area contributed by atoms with Gasteiger partial charge in [0.25, 0.3) is 6.71 Å². The lowest BCUT2D eigenvalue weighted by Gasteiger charge is -2.48. The van der Waals surface area contributed by atoms with Crippen molar-refractivity contribution in [1.29, 1.82) is 0 Å². The van der Waals surface area contributed by atoms with Gasteiger partial charge in [0, 0.05) is 38.0 Å². The first-order chi connectivity index (χ1) is 31.0. The van der Waals surface area contributed by atoms with Gasteiger partial charge in [0.1, 0.15) is 0 Å². The third-order valence-electron chi connectivity index (χ3n) is 16.8. The van der Waals surface area contributed by atoms with Crippen molar-refractivity contribution in [2.75, 3.05) is 9.80 Å². The van der Waals surface area contributed by atoms with Gasteiger partial charge >= 0.3 is 0 Å². The standard InChI is InChI=1S/C62H77BN2SSi/c1-38-33-50-53-51(34-38)65(48-28-23-41(58(5,6)7)35-44(48)39-19-26-43(27-20-39)67(16,17)18)49-37-46-45(59(8,9)29-30-60(46,10)11)36-47(49)63(53)56-54(52-55(66-56)62(14,15)32-31-61(52,12)13)64(50)42-24-21-40(22-25-42)57(2,3)4/h19-28,33-37H,29-32H2,1-18H3. The van der Waals surface area contributed by atoms with Crippen molar-refractivity contribution in [2.24, 2.45) is 0 Å². The fraction of sp³-hybridized carbons (Fsp3) is 0.452. The Bertz CT molecular complexity index is 2980. The largest absolute Gasteiger partial charge is 0.311 e. The molecule has 0 spiro atoms. The van der Waals surface area contributed by atoms with E-state index in [1.807, 2.05) is 0 Å². The fourth-order valence-electron chi connectivity index (χ4n) is 12.2. The highest BCUT2D eigenvalue weighted by atomic mass is 32.1. The summed E-state index contributed by atoms with van der Waals surface area (Å²) in [5.41, 5.74) is 22.4. The van der Waals surface area contributed by atoms with E-state index in [1.54, 1.807) is 10.4 Å². The van der Waals surface area contributed by atoms with Gasteiger partial charge < -0.3 is 9.80 Å². The second-order valence-electron chi connectivity index (χ2n) is 26.9. The van der Waals surface area contributed by atoms with Crippen molar-refractivity contribution in [3.05, 3.63) is 129 Å². The van der Waals surface area contributed by atoms with Crippen LogP contribution in [0.3, 0.4) is 0 Å². The molecule has 0 amide bonds. The van der Waals surface area contributed by atoms with E-state index in [2.05, 4.69) is 236 Å². The Morgan fingerprint density at radius 1 is 0.552 bits per heavy atom. The third-order valence-corrected chi connectivity index (χ3v) is 20.5. The molecule has 348 valence electrons. The van der Waals surface area contributed by atoms with E-state index in [1.165, 1.54) is 120 Å². The van der Waals surface area contributed by atoms with E-state index >= 15 is 0 Å². The van der Waals surface area contributed by atoms with Crippen LogP contribution in [0.1, 0.15) is 161 Å². The molecule has 0 saturated heterocycles. The first-order valence-electron chi connectivity index (χ1n) is 25.5. The molecule has 5 heteroatoms. The average molecular weight is 921 g/mol. The summed E-state index contributed by atoms with van der Waals surface area (Å²) in [7, 11) is -1.51. The molecule has 2 nitrogen and oxygen atoms in total. The molecule has 2 aliphatic carbocycles. The van der Waals surface area contributed by atoms with E-state index in [9.17, 15) is 0 Å². The summed E-state index contributed by atoms with van der Waals surface area (Å²) in [5.74, 6) is 0. The first kappa shape index (κ1) is 46.4. The summed E-state index contributed by atoms with van der Waals surface area (Å²) >= 11 is 2.14. The molecule has 0 fully saturated rings. The summed E-state index contributed by atoms with van der Waals surface area (Å²) in [6.45, 7) is 44.0. The second kappa shape index (κ2) is 14.8. The van der Waals surface area contributed by atoms with E-state index < -0.39 is 8.07 Å². The van der Waals surface area contributed by atoms with Gasteiger partial charge in [0.15, 0.2) is 0 Å². The van der Waals surface area contributed by atoms with Crippen LogP contribution in [0.4, 0.5) is 34.1 Å². The summed E-state index contributed by atoms with van der Waals surface area (Å²) in [4.78, 5) is 7.05. The summed E-state index contributed by atoms with van der Waals surface area (Å²) in [5, 5.41) is 1.50. The molecule has 2 aliphatic heterocycles. The van der Waals surface area contributed by atoms with Gasteiger partial charge in [0.2, 0.25) is 0 Å². The van der Waals surface area contributed by atoms with Crippen molar-refractivity contribution in [2.45, 2.75) is 182 Å². The minimum atomic E-state index is -1.51. The molecule has 67 heavy (non-hydrogen) atoms. The van der Waals surface area contributed by atoms with Crippen LogP contribution in [0, 0.1) is 6.92 Å². The smallest absolute Gasteiger partial charge is 0.264 e. The van der Waals surface area contributed by atoms with Crippen molar-refractivity contribution in [3.63, 3.8) is 0 Å². The van der Waals surface area contributed by atoms with E-state index in [4.69, 9.17) is 0 Å². The van der Waals surface area contributed by atoms with Crippen LogP contribution in [0.25, 0.3) is 11.1 Å². The molecular weight excluding hydrogens is 844 g/mol. The molecule has 6 aromatic rings. The molecule has 0 radical (unpaired) electrons. The fourth-order valence-corrected chi connectivity index (χ4v) is 15.1. The van der Waals surface area contributed by atoms with E-state index in [-0.39, 0.29) is 39.2 Å². The zero-order valence-electron chi connectivity index (χ0n) is 44.4. The topological polar surface area (TPSA) is 6.48 Å². The second-order valence-corrected chi connectivity index (χ2v) is 33.1. The van der Waals surface area contributed by atoms with Gasteiger partial charge in [-0.3, -0.25) is 0 Å². The highest BCUT2D eigenvalue weighted by Crippen LogP contribution is 2.57. The predicted octanol–water partition coefficient (Wildman–Crippen LogP) is 15.6. The van der Waals surface area contributed by atoms with Gasteiger partial charge in [0.05, 0.1) is 19.4 Å². The lowest BCUT2D eigenvalue weighted by Crippen LogP contribution is -2.61. The highest BCUT2D eigenvalue weighted by Gasteiger charge is 2.52. The van der Waals surface area contributed by atoms with Crippen LogP contribution in [0.2, 0.25) is 19.6 Å². The van der Waals surface area contributed by atoms with Crippen LogP contribution >= 0.6 is 11.3 Å². The van der Waals surface area contributed by atoms with Gasteiger partial charge in [-0.2, -0.15) is 11.3 Å². The lowest BCUT2D eigenvalue weighted by molar-refractivity contribution is 0.332. The van der Waals surface area contributed by atoms with Crippen LogP contribution in [-0.2, 0) is 32.5 Å². The maximum atomic E-state index is 2.73. The number of fused-ring (bicyclic) bond motifs is 7. The molecule has 1 aromatic heterocycles. The molecule has 5 aromatic carbocycles. The SMILES string of the molecule is Cc1cc2c3c(c1)N(c1ccc(C(C)(C)C)cc1)c1c(sc4c1C(C)(C)CCC4(C)C)B3c1cc3c(cc1N2c1ccc(C(C)(C)C)cc1-c1ccc([Si](C)(C)C)cc1)C(C)(C)CCC3(C)C. The zero-order chi connectivity index (χ0) is 48.3. The van der Waals surface area contributed by atoms with Crippen LogP contribution in [-0.4, -0.2) is 14.8 Å². The molecule has 3 heterocycles. The summed E-state index contributed by atoms with van der Waals surface area (Å²) in [6.07, 6.45) is 4.74. The van der Waals surface area contributed by atoms with Crippen molar-refractivity contribution in [1.82, 2.24) is 0 Å². The monoisotopic (exact) mass is 921 g/mol. The van der Waals surface area contributed by atoms with Gasteiger partial charge in [-0.15, -0.1) is 0 Å². The maximum absolute atomic E-state index is 2.73. The minimum Gasteiger partial charge on any atom is -0.311 e. The number of anilines is 6. The molecule has 0 atom stereocenters. The van der Waals surface area contributed by atoms with Gasteiger partial charge in [-0.05, 0) is 157 Å². The quantitative estimate of drug-likeness (QED) is 0.162. The van der Waals surface area contributed by atoms with Crippen LogP contribution < -0.4 is 30.7 Å². The molecule has 10 rings (SSSR count). The average Bonchev–Trinajstić information content (AvgIpc) is 3.66. The number of nitrogens with zero attached hydrogens (tertiary/aromatic N) is 2. The Morgan fingerprint density at radius 2 is 1.09 bits per heavy atom. The molecule has 0 saturated carbocycles. The molecule has 4 aliphatic rings. The Hall–Kier alpha value is -4.32. The van der Waals surface area contributed by atoms with Crippen molar-refractivity contribution < 1.29 is 0 Å². The van der Waals surface area contributed by atoms with Crippen molar-refractivity contribution >= 4 is 81.1 Å². The Morgan fingerprint density at radius 3 is 1.67 bits per heavy atom. The zero-order valence-corrected chi connectivity index (χ0v) is 46.2. The predicted molar refractivity (Wildman–Crippen MR) is 299 cm³/mol. The van der Waals surface area contributed by atoms with Crippen molar-refractivity contribution in [3.8, 4) is 11.1 Å². The van der Waals surface area contributed by atoms with Crippen LogP contribution in [0.5, 0.6) is 0 Å². The molecular formula is C62H77BN2SSi. The number of aryl methyl sites for hydroxylation is 1. The number of rotatable bonds is 4. The Balaban J connectivity index is 1.35. The van der Waals surface area contributed by atoms with E-state index in [0.717, 1.165) is 0 Å². The number of thiophene rings is 1. The summed E-state index contributed by atoms with van der Waals surface area (Å²) in [6, 6.07) is 37.2. The Kier molecular flexibility index (Phi) is 10.3. The molecule has 0 unspecified atom stereocenters. The molecule has 0 bridgehead atoms.